The molecule has 0 amide bonds. The molecule has 116 valence electrons. The zero-order valence-corrected chi connectivity index (χ0v) is 12.8. The standard InChI is InChI=1S/C14H24N6O/c1-3-8-21-14-18-12(15-2)17-13(19-14)16-10-6-7-20(9-10)11-4-5-11/h10-11H,3-9H2,1-2H3,(H2,15,16,17,18,19). The molecule has 7 heteroatoms. The molecule has 0 radical (unpaired) electrons. The Morgan fingerprint density at radius 1 is 1.19 bits per heavy atom. The topological polar surface area (TPSA) is 75.2 Å². The number of nitrogens with one attached hydrogen (secondary N) is 2. The Balaban J connectivity index is 1.63. The number of likely N-dealkylation sites (tertiary alicyclic amines) is 1. The van der Waals surface area contributed by atoms with Crippen LogP contribution in [0.3, 0.4) is 0 Å². The second kappa shape index (κ2) is 6.43. The molecular weight excluding hydrogens is 268 g/mol. The van der Waals surface area contributed by atoms with Crippen molar-refractivity contribution in [1.82, 2.24) is 19.9 Å². The van der Waals surface area contributed by atoms with E-state index in [1.165, 1.54) is 19.4 Å². The van der Waals surface area contributed by atoms with Crippen molar-refractivity contribution < 1.29 is 4.74 Å². The van der Waals surface area contributed by atoms with Gasteiger partial charge in [-0.3, -0.25) is 4.90 Å². The Morgan fingerprint density at radius 3 is 2.71 bits per heavy atom. The van der Waals surface area contributed by atoms with Gasteiger partial charge >= 0.3 is 6.01 Å². The first-order valence-corrected chi connectivity index (χ1v) is 7.85. The van der Waals surface area contributed by atoms with Crippen LogP contribution in [-0.4, -0.2) is 58.7 Å². The maximum Gasteiger partial charge on any atom is 0.323 e. The lowest BCUT2D eigenvalue weighted by Gasteiger charge is -2.16. The molecule has 2 heterocycles. The number of aromatic nitrogens is 3. The molecule has 1 aliphatic carbocycles. The van der Waals surface area contributed by atoms with Gasteiger partial charge in [0.2, 0.25) is 11.9 Å². The normalized spacial score (nSPS) is 22.3. The predicted molar refractivity (Wildman–Crippen MR) is 81.8 cm³/mol. The average molecular weight is 292 g/mol. The third-order valence-corrected chi connectivity index (χ3v) is 3.89. The molecule has 2 fully saturated rings. The first-order chi connectivity index (χ1) is 10.3. The molecule has 7 nitrogen and oxygen atoms in total. The van der Waals surface area contributed by atoms with Gasteiger partial charge in [-0.05, 0) is 25.7 Å². The monoisotopic (exact) mass is 292 g/mol. The van der Waals surface area contributed by atoms with Gasteiger partial charge in [-0.15, -0.1) is 0 Å². The van der Waals surface area contributed by atoms with E-state index in [0.717, 1.165) is 25.4 Å². The van der Waals surface area contributed by atoms with Gasteiger partial charge in [0.25, 0.3) is 0 Å². The summed E-state index contributed by atoms with van der Waals surface area (Å²) in [5, 5.41) is 6.37. The Morgan fingerprint density at radius 2 is 2.00 bits per heavy atom. The number of hydrogen-bond donors (Lipinski definition) is 2. The van der Waals surface area contributed by atoms with Gasteiger partial charge in [0.1, 0.15) is 0 Å². The van der Waals surface area contributed by atoms with Crippen LogP contribution in [0.15, 0.2) is 0 Å². The van der Waals surface area contributed by atoms with Crippen LogP contribution >= 0.6 is 0 Å². The van der Waals surface area contributed by atoms with Gasteiger partial charge in [-0.25, -0.2) is 0 Å². The SMILES string of the molecule is CCCOc1nc(NC)nc(NC2CCN(C3CC3)C2)n1. The molecule has 0 spiro atoms. The maximum absolute atomic E-state index is 5.52. The first-order valence-electron chi connectivity index (χ1n) is 7.85. The predicted octanol–water partition coefficient (Wildman–Crippen LogP) is 1.35. The quantitative estimate of drug-likeness (QED) is 0.785. The Labute approximate surface area is 125 Å². The average Bonchev–Trinajstić information content (AvgIpc) is 3.25. The third-order valence-electron chi connectivity index (χ3n) is 3.89. The molecule has 0 aromatic carbocycles. The fraction of sp³-hybridized carbons (Fsp3) is 0.786. The van der Waals surface area contributed by atoms with E-state index in [4.69, 9.17) is 4.74 Å². The summed E-state index contributed by atoms with van der Waals surface area (Å²) in [6, 6.07) is 1.62. The molecule has 1 aromatic rings. The van der Waals surface area contributed by atoms with Gasteiger partial charge in [0.15, 0.2) is 0 Å². The molecule has 1 saturated carbocycles. The van der Waals surface area contributed by atoms with Gasteiger partial charge in [-0.1, -0.05) is 6.92 Å². The molecule has 2 aliphatic rings. The van der Waals surface area contributed by atoms with Crippen LogP contribution in [0, 0.1) is 0 Å². The van der Waals surface area contributed by atoms with Crippen molar-refractivity contribution in [3.63, 3.8) is 0 Å². The number of hydrogen-bond acceptors (Lipinski definition) is 7. The van der Waals surface area contributed by atoms with Crippen molar-refractivity contribution in [1.29, 1.82) is 0 Å². The maximum atomic E-state index is 5.52. The lowest BCUT2D eigenvalue weighted by atomic mass is 10.3. The van der Waals surface area contributed by atoms with E-state index in [9.17, 15) is 0 Å². The molecule has 1 atom stereocenters. The van der Waals surface area contributed by atoms with Crippen LogP contribution < -0.4 is 15.4 Å². The molecule has 2 N–H and O–H groups in total. The van der Waals surface area contributed by atoms with Gasteiger partial charge in [0.05, 0.1) is 6.61 Å². The van der Waals surface area contributed by atoms with Crippen LogP contribution in [-0.2, 0) is 0 Å². The minimum Gasteiger partial charge on any atom is -0.463 e. The fourth-order valence-electron chi connectivity index (χ4n) is 2.65. The van der Waals surface area contributed by atoms with Crippen molar-refractivity contribution in [2.24, 2.45) is 0 Å². The van der Waals surface area contributed by atoms with E-state index < -0.39 is 0 Å². The Hall–Kier alpha value is -1.63. The summed E-state index contributed by atoms with van der Waals surface area (Å²) >= 11 is 0. The second-order valence-corrected chi connectivity index (χ2v) is 5.72. The molecule has 1 saturated heterocycles. The van der Waals surface area contributed by atoms with Crippen LogP contribution in [0.2, 0.25) is 0 Å². The molecular formula is C14H24N6O. The lowest BCUT2D eigenvalue weighted by Crippen LogP contribution is -2.28. The van der Waals surface area contributed by atoms with Crippen molar-refractivity contribution in [3.8, 4) is 6.01 Å². The summed E-state index contributed by atoms with van der Waals surface area (Å²) in [5.41, 5.74) is 0. The van der Waals surface area contributed by atoms with E-state index in [-0.39, 0.29) is 0 Å². The number of rotatable bonds is 7. The van der Waals surface area contributed by atoms with E-state index in [0.29, 0.717) is 30.6 Å². The highest BCUT2D eigenvalue weighted by Gasteiger charge is 2.34. The summed E-state index contributed by atoms with van der Waals surface area (Å²) in [5.74, 6) is 1.14. The summed E-state index contributed by atoms with van der Waals surface area (Å²) in [4.78, 5) is 15.5. The number of anilines is 2. The molecule has 1 aromatic heterocycles. The van der Waals surface area contributed by atoms with Crippen molar-refractivity contribution in [2.75, 3.05) is 37.4 Å². The van der Waals surface area contributed by atoms with E-state index in [2.05, 4.69) is 37.4 Å². The van der Waals surface area contributed by atoms with Crippen LogP contribution in [0.1, 0.15) is 32.6 Å². The van der Waals surface area contributed by atoms with Crippen LogP contribution in [0.4, 0.5) is 11.9 Å². The van der Waals surface area contributed by atoms with Crippen molar-refractivity contribution >= 4 is 11.9 Å². The largest absolute Gasteiger partial charge is 0.463 e. The van der Waals surface area contributed by atoms with E-state index >= 15 is 0 Å². The fourth-order valence-corrected chi connectivity index (χ4v) is 2.65. The lowest BCUT2D eigenvalue weighted by molar-refractivity contribution is 0.292. The van der Waals surface area contributed by atoms with Crippen molar-refractivity contribution in [2.45, 2.75) is 44.7 Å². The molecule has 21 heavy (non-hydrogen) atoms. The van der Waals surface area contributed by atoms with Crippen LogP contribution in [0.25, 0.3) is 0 Å². The van der Waals surface area contributed by atoms with Crippen molar-refractivity contribution in [3.05, 3.63) is 0 Å². The molecule has 1 unspecified atom stereocenters. The smallest absolute Gasteiger partial charge is 0.323 e. The Kier molecular flexibility index (Phi) is 4.38. The molecule has 0 bridgehead atoms. The summed E-state index contributed by atoms with van der Waals surface area (Å²) in [6.07, 6.45) is 4.79. The molecule has 1 aliphatic heterocycles. The Bertz CT molecular complexity index is 479. The summed E-state index contributed by atoms with van der Waals surface area (Å²) in [6.45, 7) is 4.93. The van der Waals surface area contributed by atoms with Gasteiger partial charge in [-0.2, -0.15) is 15.0 Å². The van der Waals surface area contributed by atoms with Crippen LogP contribution in [0.5, 0.6) is 6.01 Å². The summed E-state index contributed by atoms with van der Waals surface area (Å²) < 4.78 is 5.52. The minimum atomic E-state index is 0.385. The highest BCUT2D eigenvalue weighted by molar-refractivity contribution is 5.36. The third kappa shape index (κ3) is 3.72. The van der Waals surface area contributed by atoms with E-state index in [1.807, 2.05) is 0 Å². The summed E-state index contributed by atoms with van der Waals surface area (Å²) in [7, 11) is 1.80. The molecule has 3 rings (SSSR count). The zero-order chi connectivity index (χ0) is 14.7. The first kappa shape index (κ1) is 14.3. The number of ether oxygens (including phenoxy) is 1. The minimum absolute atomic E-state index is 0.385. The second-order valence-electron chi connectivity index (χ2n) is 5.72. The van der Waals surface area contributed by atoms with Gasteiger partial charge < -0.3 is 15.4 Å². The van der Waals surface area contributed by atoms with E-state index in [1.54, 1.807) is 7.05 Å². The zero-order valence-electron chi connectivity index (χ0n) is 12.8. The highest BCUT2D eigenvalue weighted by Crippen LogP contribution is 2.30. The van der Waals surface area contributed by atoms with Gasteiger partial charge in [0, 0.05) is 32.2 Å². The highest BCUT2D eigenvalue weighted by atomic mass is 16.5. The number of nitrogens with zero attached hydrogens (tertiary/aromatic N) is 4.